The maximum Gasteiger partial charge on any atom is 0.0716 e. The summed E-state index contributed by atoms with van der Waals surface area (Å²) in [6, 6.07) is 8.67. The molecule has 2 heteroatoms. The Morgan fingerprint density at radius 2 is 1.62 bits per heavy atom. The topological polar surface area (TPSA) is 12.5 Å². The van der Waals surface area contributed by atoms with Crippen molar-refractivity contribution in [1.82, 2.24) is 0 Å². The smallest absolute Gasteiger partial charge is 0.0716 e. The van der Waals surface area contributed by atoms with Crippen LogP contribution >= 0.6 is 0 Å². The van der Waals surface area contributed by atoms with Crippen LogP contribution in [0.3, 0.4) is 0 Å². The number of anilines is 1. The molecule has 0 amide bonds. The quantitative estimate of drug-likeness (QED) is 0.654. The first-order valence-corrected chi connectivity index (χ1v) is 6.23. The number of hydrogen-bond acceptors (Lipinski definition) is 2. The molecule has 0 saturated heterocycles. The molecular weight excluding hydrogens is 198 g/mol. The van der Waals surface area contributed by atoms with Gasteiger partial charge in [-0.05, 0) is 38.0 Å². The van der Waals surface area contributed by atoms with Crippen molar-refractivity contribution in [3.8, 4) is 0 Å². The van der Waals surface area contributed by atoms with E-state index in [-0.39, 0.29) is 0 Å². The third kappa shape index (κ3) is 3.86. The Balaban J connectivity index is 2.53. The van der Waals surface area contributed by atoms with Gasteiger partial charge in [-0.15, -0.1) is 0 Å². The zero-order chi connectivity index (χ0) is 11.8. The normalized spacial score (nSPS) is 10.4. The fourth-order valence-corrected chi connectivity index (χ4v) is 1.73. The van der Waals surface area contributed by atoms with Gasteiger partial charge in [-0.2, -0.15) is 0 Å². The van der Waals surface area contributed by atoms with Crippen LogP contribution in [0.5, 0.6) is 0 Å². The predicted molar refractivity (Wildman–Crippen MR) is 70.0 cm³/mol. The molecule has 0 aliphatic carbocycles. The van der Waals surface area contributed by atoms with Crippen molar-refractivity contribution in [2.75, 3.05) is 24.6 Å². The van der Waals surface area contributed by atoms with Crippen LogP contribution in [0.1, 0.15) is 32.8 Å². The van der Waals surface area contributed by atoms with Crippen LogP contribution in [-0.4, -0.2) is 19.7 Å². The highest BCUT2D eigenvalue weighted by Gasteiger charge is 2.00. The van der Waals surface area contributed by atoms with Crippen LogP contribution in [0.25, 0.3) is 0 Å². The molecule has 90 valence electrons. The number of rotatable bonds is 7. The Hall–Kier alpha value is -1.02. The lowest BCUT2D eigenvalue weighted by molar-refractivity contribution is 0.121. The highest BCUT2D eigenvalue weighted by Crippen LogP contribution is 2.15. The Kier molecular flexibility index (Phi) is 5.94. The largest absolute Gasteiger partial charge is 0.377 e. The molecule has 0 fully saturated rings. The highest BCUT2D eigenvalue weighted by atomic mass is 16.5. The van der Waals surface area contributed by atoms with Gasteiger partial charge in [0.25, 0.3) is 0 Å². The number of nitrogens with zero attached hydrogens (tertiary/aromatic N) is 1. The number of ether oxygens (including phenoxy) is 1. The van der Waals surface area contributed by atoms with E-state index in [0.29, 0.717) is 0 Å². The second kappa shape index (κ2) is 7.29. The molecule has 0 saturated carbocycles. The molecule has 0 atom stereocenters. The zero-order valence-electron chi connectivity index (χ0n) is 10.7. The molecule has 1 rings (SSSR count). The van der Waals surface area contributed by atoms with E-state index in [9.17, 15) is 0 Å². The van der Waals surface area contributed by atoms with Gasteiger partial charge >= 0.3 is 0 Å². The Bertz CT molecular complexity index is 277. The lowest BCUT2D eigenvalue weighted by Gasteiger charge is -2.21. The van der Waals surface area contributed by atoms with E-state index >= 15 is 0 Å². The summed E-state index contributed by atoms with van der Waals surface area (Å²) in [5, 5.41) is 0. The Labute approximate surface area is 99.2 Å². The molecule has 0 N–H and O–H groups in total. The van der Waals surface area contributed by atoms with E-state index in [2.05, 4.69) is 49.9 Å². The molecule has 0 aliphatic rings. The molecule has 16 heavy (non-hydrogen) atoms. The van der Waals surface area contributed by atoms with Crippen LogP contribution in [-0.2, 0) is 11.3 Å². The second-order valence-electron chi connectivity index (χ2n) is 3.89. The van der Waals surface area contributed by atoms with Crippen molar-refractivity contribution in [3.05, 3.63) is 29.8 Å². The van der Waals surface area contributed by atoms with Gasteiger partial charge in [0, 0.05) is 25.4 Å². The number of benzene rings is 1. The Morgan fingerprint density at radius 3 is 2.12 bits per heavy atom. The van der Waals surface area contributed by atoms with Gasteiger partial charge in [-0.1, -0.05) is 19.1 Å². The van der Waals surface area contributed by atoms with Gasteiger partial charge in [0.05, 0.1) is 6.61 Å². The lowest BCUT2D eigenvalue weighted by atomic mass is 10.2. The first kappa shape index (κ1) is 13.0. The molecule has 0 unspecified atom stereocenters. The molecule has 0 radical (unpaired) electrons. The summed E-state index contributed by atoms with van der Waals surface area (Å²) in [5.74, 6) is 0. The molecule has 0 aromatic heterocycles. The van der Waals surface area contributed by atoms with Gasteiger partial charge in [0.1, 0.15) is 0 Å². The third-order valence-electron chi connectivity index (χ3n) is 2.68. The lowest BCUT2D eigenvalue weighted by Crippen LogP contribution is -2.21. The van der Waals surface area contributed by atoms with Crippen LogP contribution in [0.2, 0.25) is 0 Å². The predicted octanol–water partition coefficient (Wildman–Crippen LogP) is 3.46. The van der Waals surface area contributed by atoms with Gasteiger partial charge in [0.15, 0.2) is 0 Å². The first-order valence-electron chi connectivity index (χ1n) is 6.23. The van der Waals surface area contributed by atoms with E-state index in [1.807, 2.05) is 0 Å². The SMILES string of the molecule is CCCOCc1ccc(N(CC)CC)cc1. The molecule has 1 aromatic carbocycles. The van der Waals surface area contributed by atoms with Crippen molar-refractivity contribution in [3.63, 3.8) is 0 Å². The van der Waals surface area contributed by atoms with Gasteiger partial charge in [0.2, 0.25) is 0 Å². The fourth-order valence-electron chi connectivity index (χ4n) is 1.73. The van der Waals surface area contributed by atoms with E-state index in [1.165, 1.54) is 11.3 Å². The zero-order valence-corrected chi connectivity index (χ0v) is 10.7. The maximum absolute atomic E-state index is 5.51. The van der Waals surface area contributed by atoms with Crippen molar-refractivity contribution in [2.24, 2.45) is 0 Å². The summed E-state index contributed by atoms with van der Waals surface area (Å²) in [4.78, 5) is 2.34. The first-order chi connectivity index (χ1) is 7.81. The monoisotopic (exact) mass is 221 g/mol. The van der Waals surface area contributed by atoms with Gasteiger partial charge < -0.3 is 9.64 Å². The molecule has 2 nitrogen and oxygen atoms in total. The van der Waals surface area contributed by atoms with Gasteiger partial charge in [-0.3, -0.25) is 0 Å². The standard InChI is InChI=1S/C14H23NO/c1-4-11-16-12-13-7-9-14(10-8-13)15(5-2)6-3/h7-10H,4-6,11-12H2,1-3H3. The highest BCUT2D eigenvalue weighted by molar-refractivity contribution is 5.47. The van der Waals surface area contributed by atoms with Crippen molar-refractivity contribution >= 4 is 5.69 Å². The second-order valence-corrected chi connectivity index (χ2v) is 3.89. The summed E-state index contributed by atoms with van der Waals surface area (Å²) >= 11 is 0. The van der Waals surface area contributed by atoms with Crippen LogP contribution < -0.4 is 4.90 Å². The van der Waals surface area contributed by atoms with E-state index < -0.39 is 0 Å². The molecule has 0 aliphatic heterocycles. The van der Waals surface area contributed by atoms with E-state index in [1.54, 1.807) is 0 Å². The summed E-state index contributed by atoms with van der Waals surface area (Å²) in [6.07, 6.45) is 1.08. The van der Waals surface area contributed by atoms with Crippen molar-refractivity contribution in [2.45, 2.75) is 33.8 Å². The van der Waals surface area contributed by atoms with Crippen LogP contribution in [0.15, 0.2) is 24.3 Å². The summed E-state index contributed by atoms with van der Waals surface area (Å²) in [6.45, 7) is 10.2. The van der Waals surface area contributed by atoms with Gasteiger partial charge in [-0.25, -0.2) is 0 Å². The average Bonchev–Trinajstić information content (AvgIpc) is 2.33. The minimum Gasteiger partial charge on any atom is -0.377 e. The average molecular weight is 221 g/mol. The van der Waals surface area contributed by atoms with E-state index in [0.717, 1.165) is 32.7 Å². The fraction of sp³-hybridized carbons (Fsp3) is 0.571. The van der Waals surface area contributed by atoms with Crippen molar-refractivity contribution in [1.29, 1.82) is 0 Å². The van der Waals surface area contributed by atoms with Crippen LogP contribution in [0, 0.1) is 0 Å². The summed E-state index contributed by atoms with van der Waals surface area (Å²) in [5.41, 5.74) is 2.55. The third-order valence-corrected chi connectivity index (χ3v) is 2.68. The summed E-state index contributed by atoms with van der Waals surface area (Å²) < 4.78 is 5.51. The molecule has 0 spiro atoms. The Morgan fingerprint density at radius 1 is 1.00 bits per heavy atom. The molecular formula is C14H23NO. The number of hydrogen-bond donors (Lipinski definition) is 0. The molecule has 1 aromatic rings. The minimum atomic E-state index is 0.729. The van der Waals surface area contributed by atoms with Crippen molar-refractivity contribution < 1.29 is 4.74 Å². The van der Waals surface area contributed by atoms with Crippen LogP contribution in [0.4, 0.5) is 5.69 Å². The minimum absolute atomic E-state index is 0.729. The molecule has 0 bridgehead atoms. The maximum atomic E-state index is 5.51. The summed E-state index contributed by atoms with van der Waals surface area (Å²) in [7, 11) is 0. The van der Waals surface area contributed by atoms with E-state index in [4.69, 9.17) is 4.74 Å². The molecule has 0 heterocycles.